The van der Waals surface area contributed by atoms with Gasteiger partial charge in [-0.1, -0.05) is 60.7 Å². The van der Waals surface area contributed by atoms with Crippen LogP contribution in [-0.2, 0) is 22.5 Å². The van der Waals surface area contributed by atoms with Crippen LogP contribution < -0.4 is 5.32 Å². The first-order valence-electron chi connectivity index (χ1n) is 9.16. The average molecular weight is 387 g/mol. The van der Waals surface area contributed by atoms with Gasteiger partial charge < -0.3 is 30.1 Å². The number of benzene rings is 2. The van der Waals surface area contributed by atoms with Crippen molar-refractivity contribution in [3.63, 3.8) is 0 Å². The van der Waals surface area contributed by atoms with Crippen molar-refractivity contribution in [1.82, 2.24) is 5.32 Å². The Balaban J connectivity index is 1.72. The van der Waals surface area contributed by atoms with Crippen molar-refractivity contribution in [2.45, 2.75) is 50.1 Å². The molecule has 7 heteroatoms. The van der Waals surface area contributed by atoms with E-state index in [9.17, 15) is 20.1 Å². The van der Waals surface area contributed by atoms with Crippen molar-refractivity contribution in [1.29, 1.82) is 0 Å². The first-order chi connectivity index (χ1) is 13.4. The monoisotopic (exact) mass is 387 g/mol. The molecule has 0 aromatic heterocycles. The van der Waals surface area contributed by atoms with E-state index in [0.29, 0.717) is 0 Å². The SMILES string of the molecule is C[C@H]1O[C@@](O)(Cc2ccccc2)[C@H](NC(=O)OCc2ccccc2)[C@@H](O)[C@@H]1O. The van der Waals surface area contributed by atoms with Crippen LogP contribution in [-0.4, -0.2) is 51.6 Å². The van der Waals surface area contributed by atoms with Crippen molar-refractivity contribution >= 4 is 6.09 Å². The second kappa shape index (κ2) is 8.70. The summed E-state index contributed by atoms with van der Waals surface area (Å²) in [4.78, 5) is 12.3. The normalized spacial score (nSPS) is 29.9. The summed E-state index contributed by atoms with van der Waals surface area (Å²) < 4.78 is 10.8. The highest BCUT2D eigenvalue weighted by Gasteiger charge is 2.52. The first kappa shape index (κ1) is 20.3. The smallest absolute Gasteiger partial charge is 0.407 e. The van der Waals surface area contributed by atoms with Gasteiger partial charge in [0.25, 0.3) is 0 Å². The minimum atomic E-state index is -1.91. The molecule has 7 nitrogen and oxygen atoms in total. The van der Waals surface area contributed by atoms with Gasteiger partial charge in [-0.05, 0) is 18.1 Å². The molecule has 150 valence electrons. The lowest BCUT2D eigenvalue weighted by Gasteiger charge is -2.47. The molecule has 0 aliphatic carbocycles. The zero-order valence-corrected chi connectivity index (χ0v) is 15.6. The van der Waals surface area contributed by atoms with Crippen LogP contribution in [0.1, 0.15) is 18.1 Å². The minimum absolute atomic E-state index is 0.0194. The minimum Gasteiger partial charge on any atom is -0.445 e. The molecule has 2 aromatic rings. The number of nitrogens with one attached hydrogen (secondary N) is 1. The summed E-state index contributed by atoms with van der Waals surface area (Å²) >= 11 is 0. The molecule has 1 heterocycles. The van der Waals surface area contributed by atoms with E-state index in [0.717, 1.165) is 11.1 Å². The van der Waals surface area contributed by atoms with E-state index in [-0.39, 0.29) is 13.0 Å². The van der Waals surface area contributed by atoms with Crippen LogP contribution >= 0.6 is 0 Å². The Morgan fingerprint density at radius 3 is 2.21 bits per heavy atom. The zero-order chi connectivity index (χ0) is 20.1. The van der Waals surface area contributed by atoms with Gasteiger partial charge in [-0.15, -0.1) is 0 Å². The quantitative estimate of drug-likeness (QED) is 0.617. The molecule has 0 spiro atoms. The van der Waals surface area contributed by atoms with E-state index in [1.54, 1.807) is 19.1 Å². The lowest BCUT2D eigenvalue weighted by atomic mass is 9.87. The molecule has 1 saturated heterocycles. The molecule has 2 aromatic carbocycles. The Hall–Kier alpha value is -2.45. The summed E-state index contributed by atoms with van der Waals surface area (Å²) in [5, 5.41) is 34.2. The molecule has 0 saturated carbocycles. The van der Waals surface area contributed by atoms with Gasteiger partial charge in [0.05, 0.1) is 6.10 Å². The molecular formula is C21H25NO6. The van der Waals surface area contributed by atoms with E-state index in [1.165, 1.54) is 0 Å². The summed E-state index contributed by atoms with van der Waals surface area (Å²) in [6, 6.07) is 16.9. The molecule has 0 radical (unpaired) electrons. The highest BCUT2D eigenvalue weighted by atomic mass is 16.6. The predicted molar refractivity (Wildman–Crippen MR) is 101 cm³/mol. The first-order valence-corrected chi connectivity index (χ1v) is 9.16. The number of aliphatic hydroxyl groups is 3. The van der Waals surface area contributed by atoms with Crippen molar-refractivity contribution in [2.75, 3.05) is 0 Å². The van der Waals surface area contributed by atoms with Gasteiger partial charge in [0, 0.05) is 6.42 Å². The van der Waals surface area contributed by atoms with Crippen molar-refractivity contribution in [2.24, 2.45) is 0 Å². The molecule has 1 aliphatic heterocycles. The number of amides is 1. The number of hydrogen-bond donors (Lipinski definition) is 4. The third-order valence-corrected chi connectivity index (χ3v) is 4.83. The highest BCUT2D eigenvalue weighted by molar-refractivity contribution is 5.68. The Bertz CT molecular complexity index is 771. The topological polar surface area (TPSA) is 108 Å². The zero-order valence-electron chi connectivity index (χ0n) is 15.6. The Morgan fingerprint density at radius 1 is 1.04 bits per heavy atom. The fourth-order valence-corrected chi connectivity index (χ4v) is 3.34. The lowest BCUT2D eigenvalue weighted by molar-refractivity contribution is -0.309. The van der Waals surface area contributed by atoms with E-state index in [1.807, 2.05) is 48.5 Å². The van der Waals surface area contributed by atoms with Crippen molar-refractivity contribution in [3.8, 4) is 0 Å². The van der Waals surface area contributed by atoms with Gasteiger partial charge in [0.1, 0.15) is 24.9 Å². The molecule has 1 amide bonds. The van der Waals surface area contributed by atoms with Gasteiger partial charge in [-0.2, -0.15) is 0 Å². The van der Waals surface area contributed by atoms with E-state index in [2.05, 4.69) is 5.32 Å². The number of rotatable bonds is 5. The average Bonchev–Trinajstić information content (AvgIpc) is 2.69. The van der Waals surface area contributed by atoms with Crippen molar-refractivity contribution < 1.29 is 29.6 Å². The number of carbonyl (C=O) groups is 1. The van der Waals surface area contributed by atoms with Crippen LogP contribution in [0.3, 0.4) is 0 Å². The van der Waals surface area contributed by atoms with Gasteiger partial charge in [-0.25, -0.2) is 4.79 Å². The van der Waals surface area contributed by atoms with Crippen LogP contribution in [0, 0.1) is 0 Å². The van der Waals surface area contributed by atoms with Crippen LogP contribution in [0.2, 0.25) is 0 Å². The van der Waals surface area contributed by atoms with Crippen LogP contribution in [0.15, 0.2) is 60.7 Å². The number of carbonyl (C=O) groups excluding carboxylic acids is 1. The number of aliphatic hydroxyl groups excluding tert-OH is 2. The predicted octanol–water partition coefficient (Wildman–Crippen LogP) is 1.35. The summed E-state index contributed by atoms with van der Waals surface area (Å²) in [5.74, 6) is -1.91. The molecular weight excluding hydrogens is 362 g/mol. The lowest BCUT2D eigenvalue weighted by Crippen LogP contribution is -2.70. The van der Waals surface area contributed by atoms with E-state index in [4.69, 9.17) is 9.47 Å². The molecule has 1 aliphatic rings. The fourth-order valence-electron chi connectivity index (χ4n) is 3.34. The second-order valence-corrected chi connectivity index (χ2v) is 7.00. The maximum absolute atomic E-state index is 12.3. The molecule has 28 heavy (non-hydrogen) atoms. The van der Waals surface area contributed by atoms with Gasteiger partial charge in [0.2, 0.25) is 0 Å². The number of ether oxygens (including phenoxy) is 2. The summed E-state index contributed by atoms with van der Waals surface area (Å²) in [6.07, 6.45) is -4.32. The van der Waals surface area contributed by atoms with Crippen LogP contribution in [0.4, 0.5) is 4.79 Å². The maximum Gasteiger partial charge on any atom is 0.407 e. The fraction of sp³-hybridized carbons (Fsp3) is 0.381. The summed E-state index contributed by atoms with van der Waals surface area (Å²) in [7, 11) is 0. The standard InChI is InChI=1S/C21H25NO6/c1-14-17(23)18(24)19(21(26,28-14)12-15-8-4-2-5-9-15)22-20(25)27-13-16-10-6-3-7-11-16/h2-11,14,17-19,23-24,26H,12-13H2,1H3,(H,22,25)/t14-,17-,18+,19-,21+/m1/s1. The van der Waals surface area contributed by atoms with E-state index >= 15 is 0 Å². The molecule has 0 bridgehead atoms. The summed E-state index contributed by atoms with van der Waals surface area (Å²) in [5.41, 5.74) is 1.55. The Labute approximate surface area is 163 Å². The van der Waals surface area contributed by atoms with Crippen molar-refractivity contribution in [3.05, 3.63) is 71.8 Å². The Morgan fingerprint density at radius 2 is 1.61 bits per heavy atom. The summed E-state index contributed by atoms with van der Waals surface area (Å²) in [6.45, 7) is 1.58. The molecule has 0 unspecified atom stereocenters. The van der Waals surface area contributed by atoms with Gasteiger partial charge in [-0.3, -0.25) is 0 Å². The number of alkyl carbamates (subject to hydrolysis) is 1. The maximum atomic E-state index is 12.3. The Kier molecular flexibility index (Phi) is 6.31. The third-order valence-electron chi connectivity index (χ3n) is 4.83. The van der Waals surface area contributed by atoms with Crippen LogP contribution in [0.25, 0.3) is 0 Å². The molecule has 4 N–H and O–H groups in total. The van der Waals surface area contributed by atoms with Crippen LogP contribution in [0.5, 0.6) is 0 Å². The third kappa shape index (κ3) is 4.69. The van der Waals surface area contributed by atoms with Gasteiger partial charge in [0.15, 0.2) is 5.79 Å². The largest absolute Gasteiger partial charge is 0.445 e. The molecule has 1 fully saturated rings. The highest BCUT2D eigenvalue weighted by Crippen LogP contribution is 2.31. The van der Waals surface area contributed by atoms with Gasteiger partial charge >= 0.3 is 6.09 Å². The molecule has 5 atom stereocenters. The molecule has 3 rings (SSSR count). The second-order valence-electron chi connectivity index (χ2n) is 7.00. The number of hydrogen-bond acceptors (Lipinski definition) is 6. The van der Waals surface area contributed by atoms with E-state index < -0.39 is 36.2 Å².